The zero-order valence-electron chi connectivity index (χ0n) is 9.74. The zero-order valence-corrected chi connectivity index (χ0v) is 12.1. The maximum absolute atomic E-state index is 11.6. The number of halogens is 1. The highest BCUT2D eigenvalue weighted by Crippen LogP contribution is 2.12. The van der Waals surface area contributed by atoms with E-state index in [2.05, 4.69) is 20.3 Å². The largest absolute Gasteiger partial charge is 0.591 e. The summed E-state index contributed by atoms with van der Waals surface area (Å²) in [5.41, 5.74) is 1.84. The molecule has 16 heavy (non-hydrogen) atoms. The molecule has 0 aliphatic carbocycles. The molecule has 1 aromatic carbocycles. The van der Waals surface area contributed by atoms with Crippen molar-refractivity contribution in [1.29, 1.82) is 0 Å². The van der Waals surface area contributed by atoms with Crippen LogP contribution in [0.1, 0.15) is 26.3 Å². The van der Waals surface area contributed by atoms with Gasteiger partial charge in [0.1, 0.15) is 5.75 Å². The number of rotatable bonds is 4. The molecule has 0 aliphatic heterocycles. The Bertz CT molecular complexity index is 362. The van der Waals surface area contributed by atoms with E-state index in [0.717, 1.165) is 15.7 Å². The van der Waals surface area contributed by atoms with E-state index >= 15 is 0 Å². The molecule has 1 aromatic rings. The van der Waals surface area contributed by atoms with Crippen LogP contribution >= 0.6 is 15.9 Å². The van der Waals surface area contributed by atoms with Crippen molar-refractivity contribution in [2.24, 2.45) is 10.3 Å². The highest BCUT2D eigenvalue weighted by molar-refractivity contribution is 9.10. The first-order valence-corrected chi connectivity index (χ1v) is 7.25. The topological polar surface area (TPSA) is 35.4 Å². The second kappa shape index (κ2) is 6.42. The van der Waals surface area contributed by atoms with Gasteiger partial charge >= 0.3 is 0 Å². The second-order valence-electron chi connectivity index (χ2n) is 4.07. The first kappa shape index (κ1) is 13.7. The van der Waals surface area contributed by atoms with E-state index in [1.807, 2.05) is 45.0 Å². The molecular weight excluding hydrogens is 286 g/mol. The van der Waals surface area contributed by atoms with E-state index < -0.39 is 11.4 Å². The third kappa shape index (κ3) is 4.68. The average molecular weight is 302 g/mol. The molecule has 0 saturated carbocycles. The van der Waals surface area contributed by atoms with Crippen LogP contribution in [-0.4, -0.2) is 16.0 Å². The maximum atomic E-state index is 11.6. The van der Waals surface area contributed by atoms with Crippen LogP contribution in [0.15, 0.2) is 33.1 Å². The molecule has 0 saturated heterocycles. The molecule has 2 nitrogen and oxygen atoms in total. The first-order chi connectivity index (χ1) is 7.49. The molecule has 4 heteroatoms. The van der Waals surface area contributed by atoms with Crippen LogP contribution in [0.25, 0.3) is 0 Å². The molecule has 0 amide bonds. The normalized spacial score (nSPS) is 14.2. The van der Waals surface area contributed by atoms with Gasteiger partial charge < -0.3 is 4.55 Å². The van der Waals surface area contributed by atoms with E-state index in [0.29, 0.717) is 11.7 Å². The van der Waals surface area contributed by atoms with Crippen molar-refractivity contribution in [3.8, 4) is 0 Å². The fraction of sp³-hybridized carbons (Fsp3) is 0.417. The molecular formula is C12H16BrNOS. The van der Waals surface area contributed by atoms with Crippen molar-refractivity contribution >= 4 is 33.0 Å². The van der Waals surface area contributed by atoms with Gasteiger partial charge in [0.05, 0.1) is 17.1 Å². The number of benzene rings is 1. The van der Waals surface area contributed by atoms with Gasteiger partial charge in [-0.3, -0.25) is 0 Å². The fourth-order valence-corrected chi connectivity index (χ4v) is 2.54. The minimum Gasteiger partial charge on any atom is -0.591 e. The van der Waals surface area contributed by atoms with Gasteiger partial charge in [-0.2, -0.15) is 0 Å². The predicted octanol–water partition coefficient (Wildman–Crippen LogP) is 3.58. The summed E-state index contributed by atoms with van der Waals surface area (Å²) in [7, 11) is 0. The summed E-state index contributed by atoms with van der Waals surface area (Å²) >= 11 is 2.27. The van der Waals surface area contributed by atoms with Crippen LogP contribution in [0.3, 0.4) is 0 Å². The van der Waals surface area contributed by atoms with Crippen LogP contribution in [0.4, 0.5) is 0 Å². The summed E-state index contributed by atoms with van der Waals surface area (Å²) in [4.78, 5) is 0. The lowest BCUT2D eigenvalue weighted by Gasteiger charge is -2.07. The van der Waals surface area contributed by atoms with Gasteiger partial charge in [0.25, 0.3) is 0 Å². The highest BCUT2D eigenvalue weighted by atomic mass is 79.9. The fourth-order valence-electron chi connectivity index (χ4n) is 1.22. The van der Waals surface area contributed by atoms with Gasteiger partial charge in [0, 0.05) is 16.0 Å². The van der Waals surface area contributed by atoms with Crippen LogP contribution < -0.4 is 0 Å². The lowest BCUT2D eigenvalue weighted by atomic mass is 10.1. The lowest BCUT2D eigenvalue weighted by molar-refractivity contribution is 0.583. The molecule has 0 aliphatic rings. The molecule has 0 N–H and O–H groups in total. The summed E-state index contributed by atoms with van der Waals surface area (Å²) < 4.78 is 16.8. The first-order valence-electron chi connectivity index (χ1n) is 5.18. The minimum atomic E-state index is -1.11. The van der Waals surface area contributed by atoms with E-state index in [4.69, 9.17) is 0 Å². The van der Waals surface area contributed by atoms with E-state index in [9.17, 15) is 4.55 Å². The average Bonchev–Trinajstić information content (AvgIpc) is 2.16. The Kier molecular flexibility index (Phi) is 5.52. The van der Waals surface area contributed by atoms with E-state index in [1.165, 1.54) is 0 Å². The Labute approximate surface area is 109 Å². The van der Waals surface area contributed by atoms with Gasteiger partial charge in [0.2, 0.25) is 0 Å². The van der Waals surface area contributed by atoms with Crippen molar-refractivity contribution in [2.45, 2.75) is 20.8 Å². The molecule has 1 atom stereocenters. The van der Waals surface area contributed by atoms with E-state index in [-0.39, 0.29) is 0 Å². The summed E-state index contributed by atoms with van der Waals surface area (Å²) in [5.74, 6) is 1.02. The summed E-state index contributed by atoms with van der Waals surface area (Å²) in [6.45, 7) is 5.98. The summed E-state index contributed by atoms with van der Waals surface area (Å²) in [5, 5.41) is 0. The smallest absolute Gasteiger partial charge is 0.135 e. The summed E-state index contributed by atoms with van der Waals surface area (Å²) in [6, 6.07) is 7.85. The van der Waals surface area contributed by atoms with Gasteiger partial charge in [0.15, 0.2) is 0 Å². The zero-order chi connectivity index (χ0) is 12.1. The molecule has 0 aromatic heterocycles. The molecule has 0 radical (unpaired) electrons. The molecule has 0 spiro atoms. The Morgan fingerprint density at radius 1 is 1.38 bits per heavy atom. The van der Waals surface area contributed by atoms with E-state index in [1.54, 1.807) is 0 Å². The van der Waals surface area contributed by atoms with Crippen molar-refractivity contribution in [3.05, 3.63) is 34.3 Å². The van der Waals surface area contributed by atoms with Gasteiger partial charge in [-0.1, -0.05) is 46.3 Å². The lowest BCUT2D eigenvalue weighted by Crippen LogP contribution is -2.11. The van der Waals surface area contributed by atoms with Gasteiger partial charge in [-0.05, 0) is 19.1 Å². The van der Waals surface area contributed by atoms with Crippen molar-refractivity contribution < 1.29 is 4.55 Å². The Hall–Kier alpha value is -0.320. The third-order valence-electron chi connectivity index (χ3n) is 1.98. The van der Waals surface area contributed by atoms with Gasteiger partial charge in [-0.15, -0.1) is 0 Å². The summed E-state index contributed by atoms with van der Waals surface area (Å²) in [6.07, 6.45) is 0. The number of nitrogens with zero attached hydrogens (tertiary/aromatic N) is 1. The SMILES string of the molecule is CC(=N[S+]([O-])CC(C)C)c1ccc(Br)cc1. The quantitative estimate of drug-likeness (QED) is 0.618. The van der Waals surface area contributed by atoms with Crippen molar-refractivity contribution in [1.82, 2.24) is 0 Å². The third-order valence-corrected chi connectivity index (χ3v) is 3.93. The Morgan fingerprint density at radius 2 is 1.94 bits per heavy atom. The Balaban J connectivity index is 2.73. The number of hydrogen-bond acceptors (Lipinski definition) is 2. The molecule has 88 valence electrons. The Morgan fingerprint density at radius 3 is 2.44 bits per heavy atom. The number of hydrogen-bond donors (Lipinski definition) is 0. The molecule has 0 fully saturated rings. The van der Waals surface area contributed by atoms with Crippen LogP contribution in [0.2, 0.25) is 0 Å². The standard InChI is InChI=1S/C12H16BrNOS/c1-9(2)8-16(15)14-10(3)11-4-6-12(13)7-5-11/h4-7,9H,8H2,1-3H3. The highest BCUT2D eigenvalue weighted by Gasteiger charge is 2.09. The van der Waals surface area contributed by atoms with Crippen LogP contribution in [0.5, 0.6) is 0 Å². The van der Waals surface area contributed by atoms with Crippen molar-refractivity contribution in [2.75, 3.05) is 5.75 Å². The monoisotopic (exact) mass is 301 g/mol. The van der Waals surface area contributed by atoms with Crippen molar-refractivity contribution in [3.63, 3.8) is 0 Å². The predicted molar refractivity (Wildman–Crippen MR) is 74.2 cm³/mol. The van der Waals surface area contributed by atoms with Crippen LogP contribution in [0, 0.1) is 5.92 Å². The van der Waals surface area contributed by atoms with Crippen LogP contribution in [-0.2, 0) is 11.4 Å². The minimum absolute atomic E-state index is 0.405. The molecule has 0 bridgehead atoms. The van der Waals surface area contributed by atoms with Gasteiger partial charge in [-0.25, -0.2) is 0 Å². The molecule has 0 heterocycles. The molecule has 1 unspecified atom stereocenters. The second-order valence-corrected chi connectivity index (χ2v) is 6.14. The molecule has 1 rings (SSSR count). The maximum Gasteiger partial charge on any atom is 0.135 e.